The number of nitrogens with zero attached hydrogens (tertiary/aromatic N) is 2. The molecule has 5 heteroatoms. The van der Waals surface area contributed by atoms with Crippen molar-refractivity contribution in [2.24, 2.45) is 0 Å². The molecular formula is C15H16ClN2O2-. The van der Waals surface area contributed by atoms with Crippen molar-refractivity contribution in [3.8, 4) is 0 Å². The Morgan fingerprint density at radius 1 is 0.950 bits per heavy atom. The Morgan fingerprint density at radius 2 is 1.65 bits per heavy atom. The first kappa shape index (κ1) is 14.5. The van der Waals surface area contributed by atoms with Crippen LogP contribution in [0, 0.1) is 0 Å². The van der Waals surface area contributed by atoms with Gasteiger partial charge in [-0.2, -0.15) is 0 Å². The van der Waals surface area contributed by atoms with Crippen LogP contribution in [-0.2, 0) is 0 Å². The van der Waals surface area contributed by atoms with E-state index in [0.717, 1.165) is 26.2 Å². The van der Waals surface area contributed by atoms with Gasteiger partial charge in [-0.15, -0.1) is 0 Å². The molecule has 3 rings (SSSR count). The molecule has 0 aliphatic carbocycles. The zero-order valence-electron chi connectivity index (χ0n) is 11.0. The molecule has 1 fully saturated rings. The van der Waals surface area contributed by atoms with E-state index in [1.54, 1.807) is 12.1 Å². The van der Waals surface area contributed by atoms with Gasteiger partial charge in [-0.3, -0.25) is 4.79 Å². The van der Waals surface area contributed by atoms with Gasteiger partial charge in [0, 0.05) is 31.9 Å². The molecule has 2 heterocycles. The lowest BCUT2D eigenvalue weighted by Gasteiger charge is -2.35. The molecule has 0 unspecified atom stereocenters. The molecule has 1 aliphatic heterocycles. The summed E-state index contributed by atoms with van der Waals surface area (Å²) in [4.78, 5) is 16.3. The summed E-state index contributed by atoms with van der Waals surface area (Å²) in [5.41, 5.74) is 1.22. The van der Waals surface area contributed by atoms with E-state index in [9.17, 15) is 4.79 Å². The lowest BCUT2D eigenvalue weighted by Crippen LogP contribution is -3.00. The normalized spacial score (nSPS) is 14.8. The molecule has 0 saturated carbocycles. The molecule has 0 radical (unpaired) electrons. The van der Waals surface area contributed by atoms with Crippen LogP contribution < -0.4 is 17.3 Å². The highest BCUT2D eigenvalue weighted by Crippen LogP contribution is 2.16. The van der Waals surface area contributed by atoms with Crippen molar-refractivity contribution >= 4 is 11.6 Å². The Labute approximate surface area is 124 Å². The number of carbonyl (C=O) groups excluding carboxylic acids is 1. The number of furan rings is 1. The van der Waals surface area contributed by atoms with Crippen LogP contribution in [0.25, 0.3) is 0 Å². The smallest absolute Gasteiger partial charge is 0.289 e. The topological polar surface area (TPSA) is 36.7 Å². The first-order chi connectivity index (χ1) is 9.34. The second-order valence-corrected chi connectivity index (χ2v) is 4.59. The van der Waals surface area contributed by atoms with Crippen molar-refractivity contribution in [2.75, 3.05) is 31.1 Å². The molecule has 2 aromatic rings. The summed E-state index contributed by atoms with van der Waals surface area (Å²) in [5, 5.41) is 0. The summed E-state index contributed by atoms with van der Waals surface area (Å²) < 4.78 is 5.16. The van der Waals surface area contributed by atoms with Gasteiger partial charge in [0.1, 0.15) is 0 Å². The molecule has 0 bridgehead atoms. The van der Waals surface area contributed by atoms with E-state index >= 15 is 0 Å². The van der Waals surface area contributed by atoms with Crippen molar-refractivity contribution in [2.45, 2.75) is 0 Å². The molecule has 4 nitrogen and oxygen atoms in total. The summed E-state index contributed by atoms with van der Waals surface area (Å²) in [6.45, 7) is 3.18. The van der Waals surface area contributed by atoms with Gasteiger partial charge >= 0.3 is 0 Å². The Bertz CT molecular complexity index is 534. The third-order valence-corrected chi connectivity index (χ3v) is 3.42. The number of carbonyl (C=O) groups is 1. The zero-order chi connectivity index (χ0) is 13.1. The fourth-order valence-electron chi connectivity index (χ4n) is 2.36. The van der Waals surface area contributed by atoms with E-state index in [-0.39, 0.29) is 18.3 Å². The highest BCUT2D eigenvalue weighted by atomic mass is 35.5. The predicted octanol–water partition coefficient (Wildman–Crippen LogP) is -0.754. The third kappa shape index (κ3) is 2.96. The number of halogens is 1. The van der Waals surface area contributed by atoms with Gasteiger partial charge in [-0.05, 0) is 24.3 Å². The molecule has 0 N–H and O–H groups in total. The van der Waals surface area contributed by atoms with Crippen LogP contribution in [-0.4, -0.2) is 37.0 Å². The molecule has 0 atom stereocenters. The summed E-state index contributed by atoms with van der Waals surface area (Å²) in [6.07, 6.45) is 1.54. The average Bonchev–Trinajstić information content (AvgIpc) is 3.02. The van der Waals surface area contributed by atoms with E-state index < -0.39 is 0 Å². The van der Waals surface area contributed by atoms with Crippen LogP contribution in [0.2, 0.25) is 0 Å². The maximum atomic E-state index is 12.1. The van der Waals surface area contributed by atoms with Gasteiger partial charge in [0.2, 0.25) is 0 Å². The molecule has 1 aliphatic rings. The van der Waals surface area contributed by atoms with E-state index in [4.69, 9.17) is 4.42 Å². The van der Waals surface area contributed by atoms with Crippen LogP contribution in [0.4, 0.5) is 5.69 Å². The third-order valence-electron chi connectivity index (χ3n) is 3.42. The maximum Gasteiger partial charge on any atom is 0.289 e. The largest absolute Gasteiger partial charge is 1.00 e. The van der Waals surface area contributed by atoms with Crippen LogP contribution in [0.1, 0.15) is 10.6 Å². The number of anilines is 1. The summed E-state index contributed by atoms with van der Waals surface area (Å²) in [6, 6.07) is 13.7. The molecule has 1 saturated heterocycles. The van der Waals surface area contributed by atoms with Crippen molar-refractivity contribution in [1.29, 1.82) is 0 Å². The van der Waals surface area contributed by atoms with E-state index in [1.807, 2.05) is 23.1 Å². The Hall–Kier alpha value is -1.94. The lowest BCUT2D eigenvalue weighted by atomic mass is 10.2. The van der Waals surface area contributed by atoms with Gasteiger partial charge in [-0.25, -0.2) is 0 Å². The van der Waals surface area contributed by atoms with Crippen LogP contribution in [0.3, 0.4) is 0 Å². The van der Waals surface area contributed by atoms with E-state index in [1.165, 1.54) is 12.0 Å². The number of hydrogen-bond acceptors (Lipinski definition) is 3. The Morgan fingerprint density at radius 3 is 2.25 bits per heavy atom. The molecule has 1 aromatic carbocycles. The summed E-state index contributed by atoms with van der Waals surface area (Å²) in [5.74, 6) is 0.408. The fourth-order valence-corrected chi connectivity index (χ4v) is 2.36. The summed E-state index contributed by atoms with van der Waals surface area (Å²) in [7, 11) is 0. The Kier molecular flexibility index (Phi) is 4.69. The van der Waals surface area contributed by atoms with Crippen molar-refractivity contribution in [3.05, 3.63) is 54.5 Å². The number of rotatable bonds is 2. The second kappa shape index (κ2) is 6.48. The highest BCUT2D eigenvalue weighted by molar-refractivity contribution is 5.91. The molecule has 106 valence electrons. The first-order valence-electron chi connectivity index (χ1n) is 6.47. The van der Waals surface area contributed by atoms with Gasteiger partial charge in [0.15, 0.2) is 5.76 Å². The number of piperazine rings is 1. The SMILES string of the molecule is O=C(c1ccco1)N1CCN(c2ccccc2)CC1.[Cl-]. The summed E-state index contributed by atoms with van der Waals surface area (Å²) >= 11 is 0. The molecule has 1 aromatic heterocycles. The number of benzene rings is 1. The lowest BCUT2D eigenvalue weighted by molar-refractivity contribution is -0.0000137. The minimum absolute atomic E-state index is 0. The van der Waals surface area contributed by atoms with Crippen LogP contribution in [0.5, 0.6) is 0 Å². The molecule has 0 spiro atoms. The van der Waals surface area contributed by atoms with Crippen LogP contribution in [0.15, 0.2) is 53.1 Å². The predicted molar refractivity (Wildman–Crippen MR) is 73.3 cm³/mol. The van der Waals surface area contributed by atoms with Gasteiger partial charge in [0.05, 0.1) is 6.26 Å². The number of para-hydroxylation sites is 1. The van der Waals surface area contributed by atoms with Crippen LogP contribution >= 0.6 is 0 Å². The monoisotopic (exact) mass is 291 g/mol. The average molecular weight is 292 g/mol. The number of amides is 1. The van der Waals surface area contributed by atoms with Crippen molar-refractivity contribution in [3.63, 3.8) is 0 Å². The molecular weight excluding hydrogens is 276 g/mol. The second-order valence-electron chi connectivity index (χ2n) is 4.59. The fraction of sp³-hybridized carbons (Fsp3) is 0.267. The maximum absolute atomic E-state index is 12.1. The van der Waals surface area contributed by atoms with Crippen molar-refractivity contribution in [1.82, 2.24) is 4.90 Å². The van der Waals surface area contributed by atoms with Gasteiger partial charge in [-0.1, -0.05) is 18.2 Å². The standard InChI is InChI=1S/C15H16N2O2.ClH/c18-15(14-7-4-12-19-14)17-10-8-16(9-11-17)13-5-2-1-3-6-13;/h1-7,12H,8-11H2;1H/p-1. The Balaban J connectivity index is 0.00000147. The molecule has 20 heavy (non-hydrogen) atoms. The van der Waals surface area contributed by atoms with E-state index in [2.05, 4.69) is 17.0 Å². The zero-order valence-corrected chi connectivity index (χ0v) is 11.8. The minimum atomic E-state index is -0.0160. The number of hydrogen-bond donors (Lipinski definition) is 0. The van der Waals surface area contributed by atoms with Gasteiger partial charge < -0.3 is 26.6 Å². The van der Waals surface area contributed by atoms with E-state index in [0.29, 0.717) is 5.76 Å². The minimum Gasteiger partial charge on any atom is -1.00 e. The first-order valence-corrected chi connectivity index (χ1v) is 6.47. The van der Waals surface area contributed by atoms with Gasteiger partial charge in [0.25, 0.3) is 5.91 Å². The van der Waals surface area contributed by atoms with Crippen molar-refractivity contribution < 1.29 is 21.6 Å². The quantitative estimate of drug-likeness (QED) is 0.730. The highest BCUT2D eigenvalue weighted by Gasteiger charge is 2.23. The molecule has 1 amide bonds.